The van der Waals surface area contributed by atoms with E-state index in [1.165, 1.54) is 51.4 Å². The summed E-state index contributed by atoms with van der Waals surface area (Å²) in [7, 11) is 0. The lowest BCUT2D eigenvalue weighted by Gasteiger charge is -2.29. The Hall–Kier alpha value is -0.430. The van der Waals surface area contributed by atoms with E-state index in [9.17, 15) is 0 Å². The minimum Gasteiger partial charge on any atom is -0.0828 e. The highest BCUT2D eigenvalue weighted by atomic mass is 32.1. The SMILES string of the molecule is CC1CCCC(CCC2/C=C\C(=S)/C=C/CC2C)CCC1C. The Bertz CT molecular complexity index is 406. The summed E-state index contributed by atoms with van der Waals surface area (Å²) in [5.41, 5.74) is 0. The summed E-state index contributed by atoms with van der Waals surface area (Å²) in [6.45, 7) is 7.30. The van der Waals surface area contributed by atoms with Crippen LogP contribution < -0.4 is 0 Å². The molecule has 0 saturated heterocycles. The molecule has 0 radical (unpaired) electrons. The van der Waals surface area contributed by atoms with Gasteiger partial charge in [0, 0.05) is 4.86 Å². The van der Waals surface area contributed by atoms with Gasteiger partial charge in [0.1, 0.15) is 0 Å². The molecule has 0 aromatic carbocycles. The molecule has 0 spiro atoms. The highest BCUT2D eigenvalue weighted by Gasteiger charge is 2.21. The lowest BCUT2D eigenvalue weighted by Crippen LogP contribution is -2.17. The van der Waals surface area contributed by atoms with Gasteiger partial charge in [0.15, 0.2) is 0 Å². The third-order valence-electron chi connectivity index (χ3n) is 6.21. The van der Waals surface area contributed by atoms with Gasteiger partial charge in [0.05, 0.1) is 0 Å². The van der Waals surface area contributed by atoms with E-state index >= 15 is 0 Å². The van der Waals surface area contributed by atoms with Crippen molar-refractivity contribution in [1.82, 2.24) is 0 Å². The van der Waals surface area contributed by atoms with Crippen LogP contribution in [0.3, 0.4) is 0 Å². The fraction of sp³-hybridized carbons (Fsp3) is 0.762. The van der Waals surface area contributed by atoms with Crippen LogP contribution >= 0.6 is 12.2 Å². The van der Waals surface area contributed by atoms with Crippen LogP contribution in [0.15, 0.2) is 24.3 Å². The summed E-state index contributed by atoms with van der Waals surface area (Å²) in [6, 6.07) is 0. The van der Waals surface area contributed by atoms with Gasteiger partial charge in [-0.1, -0.05) is 77.2 Å². The van der Waals surface area contributed by atoms with E-state index < -0.39 is 0 Å². The molecule has 124 valence electrons. The quantitative estimate of drug-likeness (QED) is 0.518. The largest absolute Gasteiger partial charge is 0.0828 e. The summed E-state index contributed by atoms with van der Waals surface area (Å²) in [6.07, 6.45) is 20.1. The Morgan fingerprint density at radius 1 is 0.909 bits per heavy atom. The van der Waals surface area contributed by atoms with E-state index in [2.05, 4.69) is 45.1 Å². The number of rotatable bonds is 3. The van der Waals surface area contributed by atoms with Crippen LogP contribution in [0.4, 0.5) is 0 Å². The Morgan fingerprint density at radius 3 is 2.50 bits per heavy atom. The fourth-order valence-corrected chi connectivity index (χ4v) is 4.25. The Kier molecular flexibility index (Phi) is 7.34. The van der Waals surface area contributed by atoms with Crippen molar-refractivity contribution in [1.29, 1.82) is 0 Å². The van der Waals surface area contributed by atoms with E-state index in [4.69, 9.17) is 12.2 Å². The molecule has 5 unspecified atom stereocenters. The molecule has 1 fully saturated rings. The first-order chi connectivity index (χ1) is 10.6. The van der Waals surface area contributed by atoms with Gasteiger partial charge in [-0.25, -0.2) is 0 Å². The molecule has 0 nitrogen and oxygen atoms in total. The van der Waals surface area contributed by atoms with Crippen molar-refractivity contribution in [2.45, 2.75) is 72.1 Å². The monoisotopic (exact) mass is 318 g/mol. The number of hydrogen-bond acceptors (Lipinski definition) is 1. The molecule has 0 heterocycles. The first kappa shape index (κ1) is 17.9. The predicted molar refractivity (Wildman–Crippen MR) is 102 cm³/mol. The molecule has 0 bridgehead atoms. The second-order valence-corrected chi connectivity index (χ2v) is 8.42. The van der Waals surface area contributed by atoms with Gasteiger partial charge in [-0.15, -0.1) is 0 Å². The number of hydrogen-bond donors (Lipinski definition) is 0. The highest BCUT2D eigenvalue weighted by molar-refractivity contribution is 7.81. The molecule has 0 N–H and O–H groups in total. The average molecular weight is 319 g/mol. The third-order valence-corrected chi connectivity index (χ3v) is 6.48. The zero-order valence-corrected chi connectivity index (χ0v) is 15.6. The van der Waals surface area contributed by atoms with Crippen LogP contribution in [0.2, 0.25) is 0 Å². The summed E-state index contributed by atoms with van der Waals surface area (Å²) in [5.74, 6) is 4.28. The van der Waals surface area contributed by atoms with Crippen LogP contribution in [0.5, 0.6) is 0 Å². The predicted octanol–water partition coefficient (Wildman–Crippen LogP) is 6.76. The van der Waals surface area contributed by atoms with Gasteiger partial charge in [-0.05, 0) is 61.0 Å². The summed E-state index contributed by atoms with van der Waals surface area (Å²) >= 11 is 5.34. The van der Waals surface area contributed by atoms with Crippen molar-refractivity contribution in [3.63, 3.8) is 0 Å². The second kappa shape index (κ2) is 9.01. The van der Waals surface area contributed by atoms with Gasteiger partial charge < -0.3 is 0 Å². The Balaban J connectivity index is 1.84. The Labute approximate surface area is 143 Å². The molecule has 0 aromatic rings. The molecule has 0 amide bonds. The molecule has 22 heavy (non-hydrogen) atoms. The second-order valence-electron chi connectivity index (χ2n) is 7.95. The van der Waals surface area contributed by atoms with Gasteiger partial charge in [-0.3, -0.25) is 0 Å². The maximum absolute atomic E-state index is 5.34. The smallest absolute Gasteiger partial charge is 0.0370 e. The zero-order valence-electron chi connectivity index (χ0n) is 14.8. The zero-order chi connectivity index (χ0) is 15.9. The molecule has 2 aliphatic carbocycles. The third kappa shape index (κ3) is 5.65. The standard InChI is InChI=1S/C21H34S/c1-16-6-4-8-19(11-10-17(16)2)12-13-20-14-15-21(22)9-5-7-18(20)3/h5,9,14-20H,4,6-8,10-13H2,1-3H3/b9-5+,15-14-. The maximum Gasteiger partial charge on any atom is 0.0370 e. The summed E-state index contributed by atoms with van der Waals surface area (Å²) in [4.78, 5) is 0.991. The van der Waals surface area contributed by atoms with Crippen LogP contribution in [0.25, 0.3) is 0 Å². The lowest BCUT2D eigenvalue weighted by atomic mass is 9.77. The van der Waals surface area contributed by atoms with Crippen molar-refractivity contribution < 1.29 is 0 Å². The van der Waals surface area contributed by atoms with Gasteiger partial charge in [0.2, 0.25) is 0 Å². The van der Waals surface area contributed by atoms with Crippen LogP contribution in [0.1, 0.15) is 72.1 Å². The molecular formula is C21H34S. The first-order valence-electron chi connectivity index (χ1n) is 9.45. The maximum atomic E-state index is 5.34. The van der Waals surface area contributed by atoms with Crippen LogP contribution in [-0.4, -0.2) is 4.86 Å². The topological polar surface area (TPSA) is 0 Å². The van der Waals surface area contributed by atoms with Gasteiger partial charge in [0.25, 0.3) is 0 Å². The molecule has 1 heteroatoms. The van der Waals surface area contributed by atoms with Gasteiger partial charge >= 0.3 is 0 Å². The minimum atomic E-state index is 0.713. The van der Waals surface area contributed by atoms with E-state index in [0.717, 1.165) is 28.5 Å². The van der Waals surface area contributed by atoms with Gasteiger partial charge in [-0.2, -0.15) is 0 Å². The van der Waals surface area contributed by atoms with Crippen molar-refractivity contribution in [3.8, 4) is 0 Å². The van der Waals surface area contributed by atoms with E-state index in [-0.39, 0.29) is 0 Å². The summed E-state index contributed by atoms with van der Waals surface area (Å²) < 4.78 is 0. The molecule has 0 aliphatic heterocycles. The molecule has 2 aliphatic rings. The van der Waals surface area contributed by atoms with Crippen molar-refractivity contribution >= 4 is 17.1 Å². The molecule has 5 atom stereocenters. The van der Waals surface area contributed by atoms with E-state index in [0.29, 0.717) is 5.92 Å². The first-order valence-corrected chi connectivity index (χ1v) is 9.85. The molecular weight excluding hydrogens is 284 g/mol. The molecule has 1 saturated carbocycles. The van der Waals surface area contributed by atoms with Crippen molar-refractivity contribution in [2.75, 3.05) is 0 Å². The normalized spacial score (nSPS) is 40.1. The lowest BCUT2D eigenvalue weighted by molar-refractivity contribution is 0.241. The Morgan fingerprint density at radius 2 is 1.68 bits per heavy atom. The van der Waals surface area contributed by atoms with Crippen molar-refractivity contribution in [3.05, 3.63) is 24.3 Å². The van der Waals surface area contributed by atoms with Crippen LogP contribution in [0, 0.1) is 29.6 Å². The van der Waals surface area contributed by atoms with Crippen LogP contribution in [-0.2, 0) is 0 Å². The minimum absolute atomic E-state index is 0.713. The molecule has 2 rings (SSSR count). The molecule has 0 aromatic heterocycles. The highest BCUT2D eigenvalue weighted by Crippen LogP contribution is 2.34. The number of thiocarbonyl (C=S) groups is 1. The number of allylic oxidation sites excluding steroid dienone is 4. The summed E-state index contributed by atoms with van der Waals surface area (Å²) in [5, 5.41) is 0. The van der Waals surface area contributed by atoms with E-state index in [1.54, 1.807) is 0 Å². The van der Waals surface area contributed by atoms with E-state index in [1.807, 2.05) is 0 Å². The fourth-order valence-electron chi connectivity index (χ4n) is 4.08. The average Bonchev–Trinajstić information content (AvgIpc) is 2.48. The van der Waals surface area contributed by atoms with Crippen molar-refractivity contribution in [2.24, 2.45) is 29.6 Å².